The minimum absolute atomic E-state index is 0.329. The molecule has 1 N–H and O–H groups in total. The van der Waals surface area contributed by atoms with Gasteiger partial charge in [-0.05, 0) is 56.3 Å². The lowest BCUT2D eigenvalue weighted by Gasteiger charge is -2.20. The molecular formula is C21H24FN3O2. The van der Waals surface area contributed by atoms with Crippen LogP contribution in [0, 0.1) is 11.7 Å². The molecule has 1 aliphatic rings. The van der Waals surface area contributed by atoms with Crippen molar-refractivity contribution < 1.29 is 13.9 Å². The number of hydrogen-bond acceptors (Lipinski definition) is 4. The molecule has 5 nitrogen and oxygen atoms in total. The van der Waals surface area contributed by atoms with Crippen LogP contribution in [0.4, 0.5) is 4.39 Å². The maximum atomic E-state index is 14.7. The molecule has 1 saturated heterocycles. The van der Waals surface area contributed by atoms with Crippen LogP contribution < -0.4 is 4.74 Å². The molecule has 1 fully saturated rings. The van der Waals surface area contributed by atoms with Gasteiger partial charge in [0.2, 0.25) is 0 Å². The fraction of sp³-hybridized carbons (Fsp3) is 0.381. The van der Waals surface area contributed by atoms with Crippen LogP contribution in [0.15, 0.2) is 42.5 Å². The first-order valence-electron chi connectivity index (χ1n) is 9.22. The molecule has 0 bridgehead atoms. The van der Waals surface area contributed by atoms with E-state index < -0.39 is 6.10 Å². The van der Waals surface area contributed by atoms with E-state index in [2.05, 4.69) is 21.9 Å². The van der Waals surface area contributed by atoms with Crippen LogP contribution in [0.2, 0.25) is 0 Å². The van der Waals surface area contributed by atoms with E-state index in [0.717, 1.165) is 30.5 Å². The molecule has 0 aliphatic carbocycles. The van der Waals surface area contributed by atoms with Crippen molar-refractivity contribution in [3.05, 3.63) is 59.7 Å². The number of fused-ring (bicyclic) bond motifs is 1. The summed E-state index contributed by atoms with van der Waals surface area (Å²) in [6.07, 6.45) is 0.475. The van der Waals surface area contributed by atoms with Gasteiger partial charge in [0.1, 0.15) is 23.5 Å². The average molecular weight is 369 g/mol. The topological polar surface area (TPSA) is 50.4 Å². The van der Waals surface area contributed by atoms with Gasteiger partial charge < -0.3 is 19.4 Å². The van der Waals surface area contributed by atoms with Crippen molar-refractivity contribution in [2.24, 2.45) is 5.92 Å². The van der Waals surface area contributed by atoms with Gasteiger partial charge in [-0.25, -0.2) is 9.37 Å². The van der Waals surface area contributed by atoms with Gasteiger partial charge in [-0.1, -0.05) is 12.1 Å². The lowest BCUT2D eigenvalue weighted by molar-refractivity contribution is 0.0479. The van der Waals surface area contributed by atoms with Gasteiger partial charge in [0.15, 0.2) is 0 Å². The lowest BCUT2D eigenvalue weighted by atomic mass is 10.1. The minimum Gasteiger partial charge on any atom is -0.497 e. The first-order valence-corrected chi connectivity index (χ1v) is 9.22. The van der Waals surface area contributed by atoms with Crippen molar-refractivity contribution in [2.45, 2.75) is 12.5 Å². The Hall–Kier alpha value is -2.44. The molecule has 4 rings (SSSR count). The average Bonchev–Trinajstić information content (AvgIpc) is 3.29. The highest BCUT2D eigenvalue weighted by Gasteiger charge is 2.26. The third-order valence-corrected chi connectivity index (χ3v) is 5.13. The third kappa shape index (κ3) is 3.82. The van der Waals surface area contributed by atoms with Gasteiger partial charge >= 0.3 is 0 Å². The number of rotatable bonds is 6. The summed E-state index contributed by atoms with van der Waals surface area (Å²) < 4.78 is 26.2. The largest absolute Gasteiger partial charge is 0.497 e. The first kappa shape index (κ1) is 17.9. The Morgan fingerprint density at radius 3 is 2.89 bits per heavy atom. The van der Waals surface area contributed by atoms with E-state index in [9.17, 15) is 4.39 Å². The number of nitrogens with one attached hydrogen (secondary N) is 1. The molecule has 2 atom stereocenters. The van der Waals surface area contributed by atoms with Crippen molar-refractivity contribution in [2.75, 3.05) is 33.9 Å². The van der Waals surface area contributed by atoms with Gasteiger partial charge in [0.05, 0.1) is 24.8 Å². The predicted octanol–water partition coefficient (Wildman–Crippen LogP) is 3.77. The summed E-state index contributed by atoms with van der Waals surface area (Å²) in [5, 5.41) is 0. The van der Waals surface area contributed by atoms with Crippen molar-refractivity contribution in [3.8, 4) is 5.75 Å². The van der Waals surface area contributed by atoms with Crippen LogP contribution in [-0.4, -0.2) is 48.7 Å². The van der Waals surface area contributed by atoms with E-state index in [1.807, 2.05) is 24.3 Å². The molecule has 142 valence electrons. The number of hydrogen-bond donors (Lipinski definition) is 1. The maximum Gasteiger partial charge on any atom is 0.143 e. The van der Waals surface area contributed by atoms with Crippen molar-refractivity contribution in [3.63, 3.8) is 0 Å². The van der Waals surface area contributed by atoms with Crippen LogP contribution in [0.25, 0.3) is 11.0 Å². The van der Waals surface area contributed by atoms with Crippen LogP contribution in [0.3, 0.4) is 0 Å². The number of para-hydroxylation sites is 2. The van der Waals surface area contributed by atoms with Crippen molar-refractivity contribution in [1.29, 1.82) is 0 Å². The van der Waals surface area contributed by atoms with E-state index in [1.165, 1.54) is 6.07 Å². The summed E-state index contributed by atoms with van der Waals surface area (Å²) in [6, 6.07) is 12.5. The van der Waals surface area contributed by atoms with Gasteiger partial charge in [-0.15, -0.1) is 0 Å². The second-order valence-electron chi connectivity index (χ2n) is 7.16. The summed E-state index contributed by atoms with van der Waals surface area (Å²) in [7, 11) is 3.68. The summed E-state index contributed by atoms with van der Waals surface area (Å²) in [5.74, 6) is 1.31. The smallest absolute Gasteiger partial charge is 0.143 e. The Kier molecular flexibility index (Phi) is 5.09. The number of likely N-dealkylation sites (tertiary alicyclic amines) is 1. The van der Waals surface area contributed by atoms with E-state index in [-0.39, 0.29) is 5.82 Å². The molecule has 1 aliphatic heterocycles. The molecular weight excluding hydrogens is 345 g/mol. The fourth-order valence-electron chi connectivity index (χ4n) is 3.66. The van der Waals surface area contributed by atoms with Gasteiger partial charge in [0.25, 0.3) is 0 Å². The van der Waals surface area contributed by atoms with Gasteiger partial charge in [-0.2, -0.15) is 0 Å². The monoisotopic (exact) mass is 369 g/mol. The molecule has 0 radical (unpaired) electrons. The first-order chi connectivity index (χ1) is 13.1. The minimum atomic E-state index is -0.613. The lowest BCUT2D eigenvalue weighted by Crippen LogP contribution is -2.19. The third-order valence-electron chi connectivity index (χ3n) is 5.13. The van der Waals surface area contributed by atoms with Crippen LogP contribution >= 0.6 is 0 Å². The molecule has 1 aromatic heterocycles. The highest BCUT2D eigenvalue weighted by molar-refractivity contribution is 5.74. The normalized spacial score (nSPS) is 18.9. The van der Waals surface area contributed by atoms with E-state index in [1.54, 1.807) is 19.2 Å². The number of imidazole rings is 1. The molecule has 3 aromatic rings. The van der Waals surface area contributed by atoms with Gasteiger partial charge in [-0.3, -0.25) is 0 Å². The number of nitrogens with zero attached hydrogens (tertiary/aromatic N) is 2. The number of ether oxygens (including phenoxy) is 2. The van der Waals surface area contributed by atoms with Crippen molar-refractivity contribution >= 4 is 11.0 Å². The van der Waals surface area contributed by atoms with E-state index in [0.29, 0.717) is 29.7 Å². The Morgan fingerprint density at radius 2 is 2.15 bits per heavy atom. The molecule has 0 spiro atoms. The molecule has 27 heavy (non-hydrogen) atoms. The maximum absolute atomic E-state index is 14.7. The number of aromatic amines is 1. The van der Waals surface area contributed by atoms with E-state index in [4.69, 9.17) is 9.47 Å². The van der Waals surface area contributed by atoms with Gasteiger partial charge in [0, 0.05) is 12.1 Å². The number of H-pyrrole nitrogens is 1. The quantitative estimate of drug-likeness (QED) is 0.719. The highest BCUT2D eigenvalue weighted by Crippen LogP contribution is 2.31. The summed E-state index contributed by atoms with van der Waals surface area (Å²) in [6.45, 7) is 2.62. The Morgan fingerprint density at radius 1 is 1.30 bits per heavy atom. The molecule has 0 saturated carbocycles. The van der Waals surface area contributed by atoms with Crippen LogP contribution in [0.1, 0.15) is 23.9 Å². The zero-order chi connectivity index (χ0) is 18.8. The zero-order valence-electron chi connectivity index (χ0n) is 15.6. The Labute approximate surface area is 158 Å². The summed E-state index contributed by atoms with van der Waals surface area (Å²) in [4.78, 5) is 10.2. The Bertz CT molecular complexity index is 894. The predicted molar refractivity (Wildman–Crippen MR) is 102 cm³/mol. The number of benzene rings is 2. The summed E-state index contributed by atoms with van der Waals surface area (Å²) >= 11 is 0. The SMILES string of the molecule is COc1ccc(F)c(C(OCC2CCN(C)C2)c2nc3ccccc3[nH]2)c1. The number of methoxy groups -OCH3 is 1. The van der Waals surface area contributed by atoms with Crippen LogP contribution in [-0.2, 0) is 4.74 Å². The summed E-state index contributed by atoms with van der Waals surface area (Å²) in [5.41, 5.74) is 2.18. The molecule has 6 heteroatoms. The molecule has 2 aromatic carbocycles. The fourth-order valence-corrected chi connectivity index (χ4v) is 3.66. The molecule has 2 heterocycles. The second-order valence-corrected chi connectivity index (χ2v) is 7.16. The zero-order valence-corrected chi connectivity index (χ0v) is 15.6. The second kappa shape index (κ2) is 7.66. The standard InChI is InChI=1S/C21H24FN3O2/c1-25-10-9-14(12-25)13-27-20(16-11-15(26-2)7-8-17(16)22)21-23-18-5-3-4-6-19(18)24-21/h3-8,11,14,20H,9-10,12-13H2,1-2H3,(H,23,24). The molecule has 2 unspecified atom stereocenters. The highest BCUT2D eigenvalue weighted by atomic mass is 19.1. The molecule has 0 amide bonds. The Balaban J connectivity index is 1.68. The van der Waals surface area contributed by atoms with Crippen molar-refractivity contribution in [1.82, 2.24) is 14.9 Å². The number of aromatic nitrogens is 2. The van der Waals surface area contributed by atoms with Crippen LogP contribution in [0.5, 0.6) is 5.75 Å². The van der Waals surface area contributed by atoms with E-state index >= 15 is 0 Å². The number of halogens is 1.